The van der Waals surface area contributed by atoms with Crippen LogP contribution in [0, 0.1) is 5.82 Å². The Morgan fingerprint density at radius 1 is 1.19 bits per heavy atom. The first kappa shape index (κ1) is 28.2. The van der Waals surface area contributed by atoms with E-state index in [1.165, 1.54) is 28.4 Å². The summed E-state index contributed by atoms with van der Waals surface area (Å²) in [5.74, 6) is -0.647. The number of hydrogen-bond donors (Lipinski definition) is 0. The van der Waals surface area contributed by atoms with E-state index in [1.54, 1.807) is 34.6 Å². The summed E-state index contributed by atoms with van der Waals surface area (Å²) < 4.78 is 33.9. The molecule has 198 valence electrons. The second-order valence-corrected chi connectivity index (χ2v) is 13.1. The molecule has 4 rings (SSSR count). The molecule has 1 saturated heterocycles. The van der Waals surface area contributed by atoms with E-state index < -0.39 is 29.3 Å². The second kappa shape index (κ2) is 10.8. The zero-order valence-corrected chi connectivity index (χ0v) is 25.5. The van der Waals surface area contributed by atoms with Crippen molar-refractivity contribution < 1.29 is 23.4 Å². The summed E-state index contributed by atoms with van der Waals surface area (Å²) in [6.07, 6.45) is -0.526. The smallest absolute Gasteiger partial charge is 0.413 e. The number of benzene rings is 2. The summed E-state index contributed by atoms with van der Waals surface area (Å²) in [4.78, 5) is 14.3. The van der Waals surface area contributed by atoms with Gasteiger partial charge in [-0.2, -0.15) is 0 Å². The van der Waals surface area contributed by atoms with Crippen molar-refractivity contribution in [1.82, 2.24) is 15.1 Å². The summed E-state index contributed by atoms with van der Waals surface area (Å²) in [6, 6.07) is 7.96. The van der Waals surface area contributed by atoms with E-state index in [-0.39, 0.29) is 24.0 Å². The molecule has 0 N–H and O–H groups in total. The minimum absolute atomic E-state index is 0.00398. The Bertz CT molecular complexity index is 1310. The first-order valence-corrected chi connectivity index (χ1v) is 14.1. The number of hydrogen-bond acceptors (Lipinski definition) is 7. The molecule has 0 saturated carbocycles. The van der Waals surface area contributed by atoms with Gasteiger partial charge >= 0.3 is 6.09 Å². The van der Waals surface area contributed by atoms with Gasteiger partial charge in [0.2, 0.25) is 0 Å². The lowest BCUT2D eigenvalue weighted by Crippen LogP contribution is -2.51. The fraction of sp³-hybridized carbons (Fsp3) is 0.400. The molecule has 3 aromatic rings. The van der Waals surface area contributed by atoms with Crippen molar-refractivity contribution >= 4 is 60.9 Å². The van der Waals surface area contributed by atoms with Gasteiger partial charge in [0, 0.05) is 26.1 Å². The molecule has 1 unspecified atom stereocenters. The Balaban J connectivity index is 1.51. The van der Waals surface area contributed by atoms with Crippen molar-refractivity contribution in [3.05, 3.63) is 50.1 Å². The number of ether oxygens (including phenoxy) is 3. The van der Waals surface area contributed by atoms with Gasteiger partial charge in [0.05, 0.1) is 17.7 Å². The van der Waals surface area contributed by atoms with E-state index in [9.17, 15) is 4.79 Å². The molecule has 12 heteroatoms. The van der Waals surface area contributed by atoms with Crippen molar-refractivity contribution in [2.45, 2.75) is 52.0 Å². The number of aromatic nitrogens is 2. The monoisotopic (exact) mass is 675 g/mol. The Kier molecular flexibility index (Phi) is 8.21. The molecule has 1 amide bonds. The molecule has 2 aromatic carbocycles. The zero-order chi connectivity index (χ0) is 27.1. The SMILES string of the molecule is CC(C)(C)OC(=O)N1C(COc2cc(Cl)c(-c3nnc(-c4cc(Br)cc(Br)c4)s3)cc2F)COC1(C)C. The molecular weight excluding hydrogens is 653 g/mol. The largest absolute Gasteiger partial charge is 0.488 e. The van der Waals surface area contributed by atoms with E-state index in [1.807, 2.05) is 18.2 Å². The summed E-state index contributed by atoms with van der Waals surface area (Å²) >= 11 is 14.7. The van der Waals surface area contributed by atoms with E-state index in [0.29, 0.717) is 15.6 Å². The molecule has 1 aliphatic rings. The molecule has 0 aliphatic carbocycles. The Morgan fingerprint density at radius 2 is 1.84 bits per heavy atom. The maximum absolute atomic E-state index is 15.1. The highest BCUT2D eigenvalue weighted by Gasteiger charge is 2.46. The van der Waals surface area contributed by atoms with Gasteiger partial charge in [-0.25, -0.2) is 9.18 Å². The van der Waals surface area contributed by atoms with Gasteiger partial charge < -0.3 is 14.2 Å². The molecular formula is C25H25Br2ClFN3O4S. The second-order valence-electron chi connectivity index (χ2n) is 9.91. The van der Waals surface area contributed by atoms with Crippen LogP contribution >= 0.6 is 54.8 Å². The normalized spacial score (nSPS) is 17.2. The van der Waals surface area contributed by atoms with Gasteiger partial charge in [0.1, 0.15) is 27.9 Å². The van der Waals surface area contributed by atoms with Crippen molar-refractivity contribution in [1.29, 1.82) is 0 Å². The first-order chi connectivity index (χ1) is 17.2. The van der Waals surface area contributed by atoms with Gasteiger partial charge in [-0.05, 0) is 58.9 Å². The molecule has 1 atom stereocenters. The Hall–Kier alpha value is -1.79. The van der Waals surface area contributed by atoms with Gasteiger partial charge in [-0.15, -0.1) is 10.2 Å². The number of carbonyl (C=O) groups excluding carboxylic acids is 1. The third kappa shape index (κ3) is 6.62. The van der Waals surface area contributed by atoms with Crippen LogP contribution in [0.3, 0.4) is 0 Å². The van der Waals surface area contributed by atoms with Crippen LogP contribution in [0.15, 0.2) is 39.3 Å². The minimum atomic E-state index is -0.893. The van der Waals surface area contributed by atoms with Crippen molar-refractivity contribution in [2.24, 2.45) is 0 Å². The van der Waals surface area contributed by atoms with Crippen LogP contribution in [0.2, 0.25) is 5.02 Å². The number of amides is 1. The molecule has 7 nitrogen and oxygen atoms in total. The molecule has 1 fully saturated rings. The third-order valence-electron chi connectivity index (χ3n) is 5.38. The highest BCUT2D eigenvalue weighted by molar-refractivity contribution is 9.11. The number of nitrogens with zero attached hydrogens (tertiary/aromatic N) is 3. The predicted octanol–water partition coefficient (Wildman–Crippen LogP) is 7.94. The van der Waals surface area contributed by atoms with Crippen LogP contribution in [0.25, 0.3) is 21.1 Å². The third-order valence-corrected chi connectivity index (χ3v) is 7.62. The van der Waals surface area contributed by atoms with Crippen LogP contribution < -0.4 is 4.74 Å². The number of halogens is 4. The minimum Gasteiger partial charge on any atom is -0.488 e. The maximum atomic E-state index is 15.1. The lowest BCUT2D eigenvalue weighted by atomic mass is 10.2. The Labute approximate surface area is 240 Å². The van der Waals surface area contributed by atoms with Crippen molar-refractivity contribution in [3.8, 4) is 26.9 Å². The molecule has 1 aliphatic heterocycles. The fourth-order valence-corrected chi connectivity index (χ4v) is 6.26. The molecule has 0 bridgehead atoms. The van der Waals surface area contributed by atoms with Gasteiger partial charge in [-0.3, -0.25) is 4.90 Å². The van der Waals surface area contributed by atoms with E-state index in [0.717, 1.165) is 14.5 Å². The average molecular weight is 678 g/mol. The maximum Gasteiger partial charge on any atom is 0.413 e. The average Bonchev–Trinajstić information content (AvgIpc) is 3.36. The highest BCUT2D eigenvalue weighted by atomic mass is 79.9. The number of rotatable bonds is 5. The van der Waals surface area contributed by atoms with Gasteiger partial charge in [0.25, 0.3) is 0 Å². The van der Waals surface area contributed by atoms with E-state index in [4.69, 9.17) is 25.8 Å². The topological polar surface area (TPSA) is 73.8 Å². The zero-order valence-electron chi connectivity index (χ0n) is 20.8. The first-order valence-electron chi connectivity index (χ1n) is 11.3. The standard InChI is InChI=1S/C25H25Br2ClFN3O4S/c1-24(2,3)36-23(33)32-16(12-35-25(32,4)5)11-34-20-10-18(28)17(9-19(20)29)22-31-30-21(37-22)13-6-14(26)8-15(27)7-13/h6-10,16H,11-12H2,1-5H3. The van der Waals surface area contributed by atoms with E-state index in [2.05, 4.69) is 42.1 Å². The molecule has 37 heavy (non-hydrogen) atoms. The van der Waals surface area contributed by atoms with Crippen molar-refractivity contribution in [2.75, 3.05) is 13.2 Å². The lowest BCUT2D eigenvalue weighted by Gasteiger charge is -2.35. The Morgan fingerprint density at radius 3 is 2.49 bits per heavy atom. The quantitative estimate of drug-likeness (QED) is 0.273. The van der Waals surface area contributed by atoms with E-state index >= 15 is 4.39 Å². The van der Waals surface area contributed by atoms with Crippen LogP contribution in [0.4, 0.5) is 9.18 Å². The van der Waals surface area contributed by atoms with Gasteiger partial charge in [-0.1, -0.05) is 54.8 Å². The molecule has 0 radical (unpaired) electrons. The van der Waals surface area contributed by atoms with Crippen LogP contribution in [0.5, 0.6) is 5.75 Å². The molecule has 1 aromatic heterocycles. The van der Waals surface area contributed by atoms with Gasteiger partial charge in [0.15, 0.2) is 11.6 Å². The predicted molar refractivity (Wildman–Crippen MR) is 149 cm³/mol. The highest BCUT2D eigenvalue weighted by Crippen LogP contribution is 2.38. The summed E-state index contributed by atoms with van der Waals surface area (Å²) in [5.41, 5.74) is -0.298. The van der Waals surface area contributed by atoms with Crippen molar-refractivity contribution in [3.63, 3.8) is 0 Å². The fourth-order valence-electron chi connectivity index (χ4n) is 3.80. The lowest BCUT2D eigenvalue weighted by molar-refractivity contribution is -0.0637. The van der Waals surface area contributed by atoms with Crippen LogP contribution in [-0.4, -0.2) is 51.8 Å². The van der Waals surface area contributed by atoms with Crippen LogP contribution in [0.1, 0.15) is 34.6 Å². The summed E-state index contributed by atoms with van der Waals surface area (Å²) in [7, 11) is 0. The molecule has 2 heterocycles. The van der Waals surface area contributed by atoms with Crippen LogP contribution in [-0.2, 0) is 9.47 Å². The summed E-state index contributed by atoms with van der Waals surface area (Å²) in [6.45, 7) is 9.13. The number of carbonyl (C=O) groups is 1. The molecule has 0 spiro atoms. The summed E-state index contributed by atoms with van der Waals surface area (Å²) in [5, 5.41) is 9.86.